The van der Waals surface area contributed by atoms with Crippen molar-refractivity contribution < 1.29 is 9.47 Å². The van der Waals surface area contributed by atoms with Crippen LogP contribution < -0.4 is 0 Å². The van der Waals surface area contributed by atoms with E-state index in [1.165, 1.54) is 0 Å². The number of ether oxygens (including phenoxy) is 2. The van der Waals surface area contributed by atoms with Crippen LogP contribution in [0.25, 0.3) is 10.9 Å². The Morgan fingerprint density at radius 3 is 2.50 bits per heavy atom. The van der Waals surface area contributed by atoms with Gasteiger partial charge in [0, 0.05) is 18.2 Å². The molecule has 1 aromatic carbocycles. The Balaban J connectivity index is 2.81. The molecule has 1 rings (SSSR count). The Morgan fingerprint density at radius 1 is 1.28 bits per heavy atom. The predicted octanol–water partition coefficient (Wildman–Crippen LogP) is 4.30. The van der Waals surface area contributed by atoms with E-state index in [1.54, 1.807) is 18.2 Å². The van der Waals surface area contributed by atoms with Gasteiger partial charge in [-0.2, -0.15) is 0 Å². The average molecular weight is 266 g/mol. The second-order valence-corrected chi connectivity index (χ2v) is 3.93. The molecule has 96 valence electrons. The fraction of sp³-hybridized carbons (Fsp3) is 0.357. The van der Waals surface area contributed by atoms with E-state index < -0.39 is 0 Å². The molecular weight excluding hydrogens is 250 g/mol. The molecule has 0 heterocycles. The average Bonchev–Trinajstić information content (AvgIpc) is 2.36. The van der Waals surface area contributed by atoms with Crippen LogP contribution in [0.2, 0.25) is 5.02 Å². The first-order valence-corrected chi connectivity index (χ1v) is 6.16. The summed E-state index contributed by atoms with van der Waals surface area (Å²) >= 11 is 5.93. The van der Waals surface area contributed by atoms with Crippen LogP contribution in [0.3, 0.4) is 0 Å². The van der Waals surface area contributed by atoms with Crippen molar-refractivity contribution in [3.8, 4) is 0 Å². The Hall–Kier alpha value is -1.34. The maximum absolute atomic E-state index is 6.98. The first-order valence-electron chi connectivity index (χ1n) is 5.79. The summed E-state index contributed by atoms with van der Waals surface area (Å²) in [5.74, 6) is 0. The Kier molecular flexibility index (Phi) is 6.45. The lowest BCUT2D eigenvalue weighted by Crippen LogP contribution is -2.13. The summed E-state index contributed by atoms with van der Waals surface area (Å²) in [6.45, 7) is 12.0. The molecule has 0 saturated carbocycles. The van der Waals surface area contributed by atoms with Gasteiger partial charge in [0.05, 0.1) is 6.57 Å². The highest BCUT2D eigenvalue weighted by molar-refractivity contribution is 6.31. The third-order valence-corrected chi connectivity index (χ3v) is 2.36. The van der Waals surface area contributed by atoms with Gasteiger partial charge in [0.2, 0.25) is 0 Å². The van der Waals surface area contributed by atoms with Crippen molar-refractivity contribution in [1.82, 2.24) is 0 Å². The van der Waals surface area contributed by atoms with Crippen LogP contribution in [-0.2, 0) is 9.47 Å². The number of benzene rings is 1. The van der Waals surface area contributed by atoms with Crippen molar-refractivity contribution in [3.63, 3.8) is 0 Å². The van der Waals surface area contributed by atoms with Crippen molar-refractivity contribution in [3.05, 3.63) is 46.3 Å². The summed E-state index contributed by atoms with van der Waals surface area (Å²) in [7, 11) is 0. The predicted molar refractivity (Wildman–Crippen MR) is 73.8 cm³/mol. The van der Waals surface area contributed by atoms with Crippen LogP contribution in [0, 0.1) is 6.57 Å². The maximum Gasteiger partial charge on any atom is 0.189 e. The molecule has 0 amide bonds. The Bertz CT molecular complexity index is 446. The van der Waals surface area contributed by atoms with E-state index in [2.05, 4.69) is 4.85 Å². The highest BCUT2D eigenvalue weighted by Gasteiger charge is 2.02. The summed E-state index contributed by atoms with van der Waals surface area (Å²) in [5, 5.41) is 0.549. The summed E-state index contributed by atoms with van der Waals surface area (Å²) in [4.78, 5) is 3.36. The van der Waals surface area contributed by atoms with Crippen LogP contribution in [0.5, 0.6) is 0 Å². The number of nitrogens with zero attached hydrogens (tertiary/aromatic N) is 1. The highest BCUT2D eigenvalue weighted by atomic mass is 35.5. The minimum atomic E-state index is -0.365. The molecule has 0 spiro atoms. The van der Waals surface area contributed by atoms with Gasteiger partial charge in [-0.25, -0.2) is 4.85 Å². The lowest BCUT2D eigenvalue weighted by atomic mass is 10.2. The number of hydrogen-bond acceptors (Lipinski definition) is 2. The molecular formula is C14H16ClNO2. The molecule has 4 heteroatoms. The van der Waals surface area contributed by atoms with E-state index in [0.29, 0.717) is 23.9 Å². The zero-order valence-corrected chi connectivity index (χ0v) is 11.3. The van der Waals surface area contributed by atoms with Crippen molar-refractivity contribution >= 4 is 23.4 Å². The lowest BCUT2D eigenvalue weighted by molar-refractivity contribution is -0.103. The topological polar surface area (TPSA) is 22.8 Å². The highest BCUT2D eigenvalue weighted by Crippen LogP contribution is 2.22. The number of rotatable bonds is 6. The molecule has 18 heavy (non-hydrogen) atoms. The first-order chi connectivity index (χ1) is 8.69. The molecule has 0 radical (unpaired) electrons. The molecule has 0 aliphatic heterocycles. The molecule has 0 atom stereocenters. The smallest absolute Gasteiger partial charge is 0.189 e. The van der Waals surface area contributed by atoms with Crippen molar-refractivity contribution in [1.29, 1.82) is 0 Å². The number of halogens is 1. The molecule has 0 N–H and O–H groups in total. The maximum atomic E-state index is 6.98. The summed E-state index contributed by atoms with van der Waals surface area (Å²) in [6.07, 6.45) is 3.29. The van der Waals surface area contributed by atoms with Crippen LogP contribution in [0.1, 0.15) is 19.4 Å². The van der Waals surface area contributed by atoms with Gasteiger partial charge in [-0.05, 0) is 43.7 Å². The molecule has 0 unspecified atom stereocenters. The molecule has 1 aromatic rings. The minimum Gasteiger partial charge on any atom is -0.349 e. The molecule has 0 aliphatic rings. The second-order valence-electron chi connectivity index (χ2n) is 3.49. The van der Waals surface area contributed by atoms with Gasteiger partial charge in [0.1, 0.15) is 0 Å². The van der Waals surface area contributed by atoms with Crippen LogP contribution in [-0.4, -0.2) is 19.5 Å². The van der Waals surface area contributed by atoms with Crippen molar-refractivity contribution in [2.24, 2.45) is 0 Å². The van der Waals surface area contributed by atoms with E-state index in [4.69, 9.17) is 27.6 Å². The zero-order valence-electron chi connectivity index (χ0n) is 10.5. The standard InChI is InChI=1S/C14H16ClNO2/c1-4-17-14(18-5-2)7-6-11-8-12(15)10-13(9-11)16-3/h6-10,14H,4-5H2,1-2H3/b7-6+. The number of hydrogen-bond donors (Lipinski definition) is 0. The fourth-order valence-corrected chi connectivity index (χ4v) is 1.67. The fourth-order valence-electron chi connectivity index (χ4n) is 1.43. The van der Waals surface area contributed by atoms with Crippen LogP contribution in [0.4, 0.5) is 5.69 Å². The van der Waals surface area contributed by atoms with E-state index in [0.717, 1.165) is 5.56 Å². The third kappa shape index (κ3) is 4.89. The van der Waals surface area contributed by atoms with E-state index in [-0.39, 0.29) is 6.29 Å². The summed E-state index contributed by atoms with van der Waals surface area (Å²) < 4.78 is 10.8. The summed E-state index contributed by atoms with van der Waals surface area (Å²) in [6, 6.07) is 5.19. The second kappa shape index (κ2) is 7.88. The summed E-state index contributed by atoms with van der Waals surface area (Å²) in [5.41, 5.74) is 1.38. The van der Waals surface area contributed by atoms with Gasteiger partial charge >= 0.3 is 0 Å². The molecule has 0 fully saturated rings. The molecule has 0 saturated heterocycles. The molecule has 0 aromatic heterocycles. The quantitative estimate of drug-likeness (QED) is 0.565. The van der Waals surface area contributed by atoms with E-state index in [9.17, 15) is 0 Å². The molecule has 0 aliphatic carbocycles. The normalized spacial score (nSPS) is 11.1. The largest absolute Gasteiger partial charge is 0.349 e. The van der Waals surface area contributed by atoms with Crippen LogP contribution >= 0.6 is 11.6 Å². The molecule has 0 bridgehead atoms. The third-order valence-electron chi connectivity index (χ3n) is 2.14. The van der Waals surface area contributed by atoms with Gasteiger partial charge < -0.3 is 9.47 Å². The van der Waals surface area contributed by atoms with E-state index >= 15 is 0 Å². The van der Waals surface area contributed by atoms with E-state index in [1.807, 2.05) is 26.0 Å². The monoisotopic (exact) mass is 265 g/mol. The van der Waals surface area contributed by atoms with Gasteiger partial charge in [0.25, 0.3) is 0 Å². The molecule has 3 nitrogen and oxygen atoms in total. The van der Waals surface area contributed by atoms with Crippen LogP contribution in [0.15, 0.2) is 24.3 Å². The van der Waals surface area contributed by atoms with Gasteiger partial charge in [-0.3, -0.25) is 0 Å². The van der Waals surface area contributed by atoms with Gasteiger partial charge in [-0.15, -0.1) is 0 Å². The SMILES string of the molecule is [C-]#[N+]c1cc(Cl)cc(/C=C/C(OCC)OCC)c1. The minimum absolute atomic E-state index is 0.365. The van der Waals surface area contributed by atoms with Gasteiger partial charge in [-0.1, -0.05) is 17.7 Å². The van der Waals surface area contributed by atoms with Crippen molar-refractivity contribution in [2.75, 3.05) is 13.2 Å². The lowest BCUT2D eigenvalue weighted by Gasteiger charge is -2.12. The first kappa shape index (κ1) is 14.7. The Morgan fingerprint density at radius 2 is 1.94 bits per heavy atom. The Labute approximate surface area is 113 Å². The zero-order chi connectivity index (χ0) is 13.4. The van der Waals surface area contributed by atoms with Gasteiger partial charge in [0.15, 0.2) is 12.0 Å². The van der Waals surface area contributed by atoms with Crippen molar-refractivity contribution in [2.45, 2.75) is 20.1 Å².